The van der Waals surface area contributed by atoms with Gasteiger partial charge in [0.05, 0.1) is 13.2 Å². The van der Waals surface area contributed by atoms with E-state index in [2.05, 4.69) is 15.6 Å². The molecule has 1 fully saturated rings. The Bertz CT molecular complexity index is 605. The number of rotatable bonds is 12. The highest BCUT2D eigenvalue weighted by atomic mass is 19.4. The van der Waals surface area contributed by atoms with Crippen LogP contribution in [0.5, 0.6) is 0 Å². The molecule has 1 aromatic rings. The average molecular weight is 401 g/mol. The first kappa shape index (κ1) is 22.5. The molecule has 0 aromatic heterocycles. The van der Waals surface area contributed by atoms with E-state index in [1.165, 1.54) is 12.8 Å². The average Bonchev–Trinajstić information content (AvgIpc) is 3.46. The molecule has 0 unspecified atom stereocenters. The zero-order valence-corrected chi connectivity index (χ0v) is 16.4. The summed E-state index contributed by atoms with van der Waals surface area (Å²) in [6.07, 6.45) is -0.809. The van der Waals surface area contributed by atoms with Gasteiger partial charge < -0.3 is 20.1 Å². The second-order valence-corrected chi connectivity index (χ2v) is 6.92. The van der Waals surface area contributed by atoms with E-state index in [1.807, 2.05) is 19.1 Å². The van der Waals surface area contributed by atoms with E-state index in [-0.39, 0.29) is 6.61 Å². The molecule has 0 radical (unpaired) electrons. The van der Waals surface area contributed by atoms with Crippen LogP contribution in [-0.2, 0) is 22.6 Å². The van der Waals surface area contributed by atoms with E-state index in [9.17, 15) is 13.2 Å². The molecule has 1 aliphatic rings. The molecule has 0 atom stereocenters. The van der Waals surface area contributed by atoms with Gasteiger partial charge in [-0.3, -0.25) is 0 Å². The molecule has 1 aliphatic carbocycles. The van der Waals surface area contributed by atoms with E-state index in [0.717, 1.165) is 44.2 Å². The summed E-state index contributed by atoms with van der Waals surface area (Å²) in [5, 5.41) is 6.46. The maximum absolute atomic E-state index is 12.2. The minimum absolute atomic E-state index is 0.0732. The molecule has 2 N–H and O–H groups in total. The Morgan fingerprint density at radius 3 is 2.68 bits per heavy atom. The fourth-order valence-electron chi connectivity index (χ4n) is 2.53. The van der Waals surface area contributed by atoms with E-state index < -0.39 is 12.8 Å². The van der Waals surface area contributed by atoms with Crippen LogP contribution >= 0.6 is 0 Å². The third-order valence-electron chi connectivity index (χ3n) is 4.10. The molecule has 0 heterocycles. The van der Waals surface area contributed by atoms with Gasteiger partial charge in [-0.2, -0.15) is 13.2 Å². The van der Waals surface area contributed by atoms with Crippen molar-refractivity contribution in [1.82, 2.24) is 10.6 Å². The first-order chi connectivity index (χ1) is 13.5. The largest absolute Gasteiger partial charge is 0.411 e. The third-order valence-corrected chi connectivity index (χ3v) is 4.10. The van der Waals surface area contributed by atoms with Crippen LogP contribution in [0.3, 0.4) is 0 Å². The molecular weight excluding hydrogens is 371 g/mol. The Kier molecular flexibility index (Phi) is 9.57. The summed E-state index contributed by atoms with van der Waals surface area (Å²) < 4.78 is 46.8. The van der Waals surface area contributed by atoms with Crippen molar-refractivity contribution in [2.75, 3.05) is 32.9 Å². The van der Waals surface area contributed by atoms with Gasteiger partial charge >= 0.3 is 6.18 Å². The van der Waals surface area contributed by atoms with Gasteiger partial charge in [-0.1, -0.05) is 24.3 Å². The molecular formula is C20H30F3N3O2. The molecule has 2 rings (SSSR count). The van der Waals surface area contributed by atoms with E-state index in [0.29, 0.717) is 18.1 Å². The monoisotopic (exact) mass is 401 g/mol. The van der Waals surface area contributed by atoms with Gasteiger partial charge in [0.2, 0.25) is 0 Å². The lowest BCUT2D eigenvalue weighted by Crippen LogP contribution is -2.38. The number of aliphatic imine (C=N–C) groups is 1. The number of hydrogen-bond donors (Lipinski definition) is 2. The highest BCUT2D eigenvalue weighted by molar-refractivity contribution is 5.79. The maximum Gasteiger partial charge on any atom is 0.411 e. The minimum Gasteiger partial charge on any atom is -0.381 e. The van der Waals surface area contributed by atoms with Crippen LogP contribution in [0.4, 0.5) is 13.2 Å². The van der Waals surface area contributed by atoms with E-state index >= 15 is 0 Å². The molecule has 1 saturated carbocycles. The number of nitrogens with one attached hydrogen (secondary N) is 2. The molecule has 1 aromatic carbocycles. The fraction of sp³-hybridized carbons (Fsp3) is 0.650. The molecule has 0 bridgehead atoms. The van der Waals surface area contributed by atoms with Crippen LogP contribution in [0.15, 0.2) is 29.3 Å². The highest BCUT2D eigenvalue weighted by Gasteiger charge is 2.27. The van der Waals surface area contributed by atoms with Crippen LogP contribution in [0.25, 0.3) is 0 Å². The van der Waals surface area contributed by atoms with Gasteiger partial charge in [0, 0.05) is 26.3 Å². The molecule has 28 heavy (non-hydrogen) atoms. The van der Waals surface area contributed by atoms with Crippen molar-refractivity contribution in [2.24, 2.45) is 10.9 Å². The summed E-state index contributed by atoms with van der Waals surface area (Å²) >= 11 is 0. The van der Waals surface area contributed by atoms with E-state index in [4.69, 9.17) is 9.47 Å². The number of nitrogens with zero attached hydrogens (tertiary/aromatic N) is 1. The first-order valence-electron chi connectivity index (χ1n) is 9.78. The van der Waals surface area contributed by atoms with Gasteiger partial charge in [-0.25, -0.2) is 4.99 Å². The Morgan fingerprint density at radius 2 is 1.96 bits per heavy atom. The molecule has 5 nitrogen and oxygen atoms in total. The Morgan fingerprint density at radius 1 is 1.18 bits per heavy atom. The van der Waals surface area contributed by atoms with Crippen molar-refractivity contribution in [3.05, 3.63) is 35.4 Å². The van der Waals surface area contributed by atoms with Crippen LogP contribution in [0, 0.1) is 5.92 Å². The molecule has 0 aliphatic heterocycles. The van der Waals surface area contributed by atoms with Crippen molar-refractivity contribution in [3.63, 3.8) is 0 Å². The van der Waals surface area contributed by atoms with Crippen molar-refractivity contribution < 1.29 is 22.6 Å². The van der Waals surface area contributed by atoms with Gasteiger partial charge in [0.15, 0.2) is 5.96 Å². The molecule has 0 saturated heterocycles. The normalized spacial score (nSPS) is 14.9. The van der Waals surface area contributed by atoms with Crippen LogP contribution in [-0.4, -0.2) is 45.0 Å². The third kappa shape index (κ3) is 10.5. The zero-order chi connectivity index (χ0) is 20.2. The van der Waals surface area contributed by atoms with Gasteiger partial charge in [-0.05, 0) is 43.2 Å². The smallest absolute Gasteiger partial charge is 0.381 e. The number of benzene rings is 1. The predicted octanol–water partition coefficient (Wildman–Crippen LogP) is 3.64. The van der Waals surface area contributed by atoms with Gasteiger partial charge in [0.1, 0.15) is 6.61 Å². The topological polar surface area (TPSA) is 54.9 Å². The lowest BCUT2D eigenvalue weighted by atomic mass is 10.1. The summed E-state index contributed by atoms with van der Waals surface area (Å²) in [6.45, 7) is 4.23. The van der Waals surface area contributed by atoms with Crippen molar-refractivity contribution >= 4 is 5.96 Å². The summed E-state index contributed by atoms with van der Waals surface area (Å²) in [6, 6.07) is 7.25. The lowest BCUT2D eigenvalue weighted by molar-refractivity contribution is -0.176. The summed E-state index contributed by atoms with van der Waals surface area (Å²) in [4.78, 5) is 4.53. The van der Waals surface area contributed by atoms with E-state index in [1.54, 1.807) is 12.1 Å². The second kappa shape index (κ2) is 11.9. The summed E-state index contributed by atoms with van der Waals surface area (Å²) in [5.41, 5.74) is 1.61. The standard InChI is InChI=1S/C20H30F3N3O2/c1-2-24-19(25-9-4-10-27-13-16-7-8-16)26-12-17-5-3-6-18(11-17)14-28-15-20(21,22)23/h3,5-6,11,16H,2,4,7-10,12-15H2,1H3,(H2,24,25,26). The summed E-state index contributed by atoms with van der Waals surface area (Å²) in [5.74, 6) is 1.49. The Hall–Kier alpha value is -1.80. The Balaban J connectivity index is 1.73. The zero-order valence-electron chi connectivity index (χ0n) is 16.4. The molecule has 158 valence electrons. The number of halogens is 3. The van der Waals surface area contributed by atoms with Crippen molar-refractivity contribution in [2.45, 2.75) is 45.5 Å². The number of guanidine groups is 1. The maximum atomic E-state index is 12.2. The lowest BCUT2D eigenvalue weighted by Gasteiger charge is -2.12. The molecule has 0 amide bonds. The van der Waals surface area contributed by atoms with Gasteiger partial charge in [0.25, 0.3) is 0 Å². The van der Waals surface area contributed by atoms with Crippen molar-refractivity contribution in [1.29, 1.82) is 0 Å². The highest BCUT2D eigenvalue weighted by Crippen LogP contribution is 2.28. The predicted molar refractivity (Wildman–Crippen MR) is 103 cm³/mol. The Labute approximate surface area is 164 Å². The van der Waals surface area contributed by atoms with Crippen molar-refractivity contribution in [3.8, 4) is 0 Å². The van der Waals surface area contributed by atoms with Crippen LogP contribution < -0.4 is 10.6 Å². The van der Waals surface area contributed by atoms with Gasteiger partial charge in [-0.15, -0.1) is 0 Å². The summed E-state index contributed by atoms with van der Waals surface area (Å²) in [7, 11) is 0. The van der Waals surface area contributed by atoms with Crippen LogP contribution in [0.1, 0.15) is 37.3 Å². The number of ether oxygens (including phenoxy) is 2. The number of alkyl halides is 3. The first-order valence-corrected chi connectivity index (χ1v) is 9.78. The molecule has 0 spiro atoms. The fourth-order valence-corrected chi connectivity index (χ4v) is 2.53. The minimum atomic E-state index is -4.31. The second-order valence-electron chi connectivity index (χ2n) is 6.92. The SMILES string of the molecule is CCNC(=NCc1cccc(COCC(F)(F)F)c1)NCCCOCC1CC1. The molecule has 8 heteroatoms. The quantitative estimate of drug-likeness (QED) is 0.319. The number of hydrogen-bond acceptors (Lipinski definition) is 3. The van der Waals surface area contributed by atoms with Crippen LogP contribution in [0.2, 0.25) is 0 Å².